The third-order valence-electron chi connectivity index (χ3n) is 11.1. The molecule has 2 aromatic heterocycles. The first-order valence-corrected chi connectivity index (χ1v) is 19.0. The van der Waals surface area contributed by atoms with Crippen LogP contribution >= 0.6 is 23.1 Å². The van der Waals surface area contributed by atoms with Crippen LogP contribution in [0, 0.1) is 5.41 Å². The van der Waals surface area contributed by atoms with Gasteiger partial charge in [0.15, 0.2) is 22.3 Å². The van der Waals surface area contributed by atoms with E-state index in [1.165, 1.54) is 58.9 Å². The van der Waals surface area contributed by atoms with Gasteiger partial charge in [-0.1, -0.05) is 5.16 Å². The number of rotatable bonds is 11. The first-order chi connectivity index (χ1) is 25.4. The Labute approximate surface area is 315 Å². The Kier molecular flexibility index (Phi) is 9.12. The maximum Gasteiger partial charge on any atom is 0.352 e. The molecule has 4 fully saturated rings. The first kappa shape index (κ1) is 37.1. The molecule has 0 radical (unpaired) electrons. The number of anilines is 1. The van der Waals surface area contributed by atoms with Gasteiger partial charge in [-0.05, 0) is 32.9 Å². The zero-order chi connectivity index (χ0) is 38.9. The summed E-state index contributed by atoms with van der Waals surface area (Å²) < 4.78 is 2.06. The van der Waals surface area contributed by atoms with Crippen LogP contribution in [0.25, 0.3) is 10.8 Å². The van der Waals surface area contributed by atoms with E-state index in [4.69, 9.17) is 10.6 Å². The van der Waals surface area contributed by atoms with E-state index >= 15 is 0 Å². The van der Waals surface area contributed by atoms with Crippen LogP contribution in [0.15, 0.2) is 44.9 Å². The predicted molar refractivity (Wildman–Crippen MR) is 195 cm³/mol. The number of fused-ring (bicyclic) bond motifs is 5. The van der Waals surface area contributed by atoms with Crippen molar-refractivity contribution in [3.8, 4) is 11.5 Å². The van der Waals surface area contributed by atoms with Crippen molar-refractivity contribution in [2.75, 3.05) is 31.9 Å². The lowest BCUT2D eigenvalue weighted by molar-refractivity contribution is -0.941. The molecule has 0 spiro atoms. The van der Waals surface area contributed by atoms with Gasteiger partial charge in [0.1, 0.15) is 29.4 Å². The number of quaternary nitrogens is 1. The number of nitrogens with zero attached hydrogens (tertiary/aromatic N) is 6. The van der Waals surface area contributed by atoms with E-state index in [9.17, 15) is 44.4 Å². The summed E-state index contributed by atoms with van der Waals surface area (Å²) in [7, 11) is 0. The van der Waals surface area contributed by atoms with E-state index in [1.807, 2.05) is 6.92 Å². The van der Waals surface area contributed by atoms with Crippen LogP contribution in [0.1, 0.15) is 45.7 Å². The van der Waals surface area contributed by atoms with Crippen LogP contribution in [-0.2, 0) is 30.6 Å². The van der Waals surface area contributed by atoms with Gasteiger partial charge in [-0.3, -0.25) is 19.3 Å². The molecule has 7 heterocycles. The van der Waals surface area contributed by atoms with E-state index in [0.29, 0.717) is 28.5 Å². The Hall–Kier alpha value is -5.21. The van der Waals surface area contributed by atoms with Gasteiger partial charge in [-0.2, -0.15) is 5.10 Å². The number of aliphatic carboxylic acids is 2. The molecule has 5 aliphatic rings. The maximum absolute atomic E-state index is 13.6. The second kappa shape index (κ2) is 13.3. The van der Waals surface area contributed by atoms with Crippen molar-refractivity contribution in [1.29, 1.82) is 0 Å². The number of hydrogen-bond acceptors (Lipinski definition) is 14. The number of oxime groups is 1. The average Bonchev–Trinajstić information content (AvgIpc) is 3.56. The number of thiazole rings is 1. The van der Waals surface area contributed by atoms with Gasteiger partial charge < -0.3 is 40.8 Å². The number of nitrogens with one attached hydrogen (secondary N) is 1. The molecule has 3 atom stereocenters. The van der Waals surface area contributed by atoms with Crippen LogP contribution in [0.2, 0.25) is 0 Å². The molecule has 286 valence electrons. The molecule has 7 N–H and O–H groups in total. The number of piperidine rings is 3. The lowest BCUT2D eigenvalue weighted by Gasteiger charge is -2.56. The summed E-state index contributed by atoms with van der Waals surface area (Å²) in [6, 6.07) is 1.45. The number of aromatic nitrogens is 3. The van der Waals surface area contributed by atoms with Crippen molar-refractivity contribution in [1.82, 2.24) is 25.0 Å². The van der Waals surface area contributed by atoms with Crippen molar-refractivity contribution in [3.63, 3.8) is 0 Å². The lowest BCUT2D eigenvalue weighted by Crippen LogP contribution is -2.72. The number of amides is 2. The molecule has 54 heavy (non-hydrogen) atoms. The molecule has 0 saturated carbocycles. The Morgan fingerprint density at radius 2 is 1.80 bits per heavy atom. The monoisotopic (exact) mass is 783 g/mol. The summed E-state index contributed by atoms with van der Waals surface area (Å²) in [5.41, 5.74) is 3.59. The Balaban J connectivity index is 1.06. The quantitative estimate of drug-likeness (QED) is 0.0526. The van der Waals surface area contributed by atoms with Gasteiger partial charge in [0.25, 0.3) is 17.4 Å². The summed E-state index contributed by atoms with van der Waals surface area (Å²) in [5.74, 6) is -4.77. The lowest BCUT2D eigenvalue weighted by atomic mass is 9.70. The Morgan fingerprint density at radius 1 is 1.13 bits per heavy atom. The van der Waals surface area contributed by atoms with E-state index in [-0.39, 0.29) is 49.6 Å². The van der Waals surface area contributed by atoms with E-state index < -0.39 is 46.5 Å². The highest BCUT2D eigenvalue weighted by Gasteiger charge is 2.58. The summed E-state index contributed by atoms with van der Waals surface area (Å²) in [5, 5.41) is 51.7. The summed E-state index contributed by atoms with van der Waals surface area (Å²) >= 11 is 2.39. The normalized spacial score (nSPS) is 26.7. The van der Waals surface area contributed by atoms with Crippen molar-refractivity contribution < 1.29 is 48.9 Å². The Morgan fingerprint density at radius 3 is 2.41 bits per heavy atom. The Bertz CT molecular complexity index is 2210. The minimum atomic E-state index is -1.79. The topological polar surface area (TPSA) is 260 Å². The number of carboxylic acids is 2. The summed E-state index contributed by atoms with van der Waals surface area (Å²) in [4.78, 5) is 75.3. The first-order valence-electron chi connectivity index (χ1n) is 17.2. The molecule has 8 rings (SSSR count). The van der Waals surface area contributed by atoms with Crippen LogP contribution in [0.4, 0.5) is 5.13 Å². The SMILES string of the molecule is C[C@@H]1S[C@@H]2[C@H](NC(=O)/C(=N\OC(C)(C)C(=O)O)c3csc(N)n3)C(=O)N2C(C(=O)O)=C1C[N+]12CCC(Cn3ncc4cc(O)c(O)cc4c3=O)(CC1)CC2. The number of carbonyl (C=O) groups is 4. The fraction of sp³-hybridized carbons (Fsp3) is 0.471. The van der Waals surface area contributed by atoms with Gasteiger partial charge in [-0.25, -0.2) is 19.3 Å². The minimum Gasteiger partial charge on any atom is -0.504 e. The number of β-lactam (4-membered cyclic amide) rings is 1. The van der Waals surface area contributed by atoms with Crippen LogP contribution in [0.5, 0.6) is 11.5 Å². The molecule has 5 aliphatic heterocycles. The highest BCUT2D eigenvalue weighted by atomic mass is 32.2. The number of carbonyl (C=O) groups excluding carboxylic acids is 2. The molecule has 2 bridgehead atoms. The second-order valence-corrected chi connectivity index (χ2v) is 17.2. The molecule has 18 nitrogen and oxygen atoms in total. The number of benzene rings is 1. The highest BCUT2D eigenvalue weighted by Crippen LogP contribution is 2.49. The van der Waals surface area contributed by atoms with Crippen LogP contribution in [0.3, 0.4) is 0 Å². The van der Waals surface area contributed by atoms with Gasteiger partial charge in [0.05, 0.1) is 37.8 Å². The van der Waals surface area contributed by atoms with Crippen molar-refractivity contribution in [3.05, 3.63) is 51.0 Å². The fourth-order valence-electron chi connectivity index (χ4n) is 7.67. The number of aromatic hydroxyl groups is 2. The molecular formula is C34H39N8O10S2+. The van der Waals surface area contributed by atoms with Gasteiger partial charge >= 0.3 is 11.9 Å². The number of phenolic OH excluding ortho intramolecular Hbond substituents is 2. The molecule has 1 aromatic carbocycles. The molecule has 2 amide bonds. The van der Waals surface area contributed by atoms with Gasteiger partial charge in [0, 0.05) is 46.3 Å². The minimum absolute atomic E-state index is 0.0147. The molecule has 3 aromatic rings. The van der Waals surface area contributed by atoms with Crippen molar-refractivity contribution in [2.45, 2.75) is 68.8 Å². The highest BCUT2D eigenvalue weighted by molar-refractivity contribution is 8.00. The van der Waals surface area contributed by atoms with E-state index in [2.05, 4.69) is 20.6 Å². The smallest absolute Gasteiger partial charge is 0.352 e. The van der Waals surface area contributed by atoms with E-state index in [0.717, 1.165) is 50.2 Å². The number of hydrogen-bond donors (Lipinski definition) is 6. The summed E-state index contributed by atoms with van der Waals surface area (Å²) in [6.45, 7) is 7.42. The second-order valence-electron chi connectivity index (χ2n) is 14.9. The number of phenols is 2. The van der Waals surface area contributed by atoms with Crippen LogP contribution < -0.4 is 16.6 Å². The number of carboxylic acid groups (broad SMARTS) is 2. The molecule has 0 unspecified atom stereocenters. The molecule has 20 heteroatoms. The largest absolute Gasteiger partial charge is 0.504 e. The maximum atomic E-state index is 13.6. The number of nitrogen functional groups attached to an aromatic ring is 1. The third-order valence-corrected chi connectivity index (χ3v) is 13.2. The average molecular weight is 784 g/mol. The zero-order valence-electron chi connectivity index (χ0n) is 29.5. The standard InChI is InChI=1S/C34H38N8O10S2/c1-16-19(13-42-7-4-34(5-8-42,6-9-42)15-40-27(46)18-11-22(44)21(43)10-17(18)12-36-40)25(30(48)49)41-28(47)24(29(41)54-16)38-26(45)23(20-14-53-32(35)37-20)39-52-33(2,3)31(50)51/h10-12,14,16,24,29H,4-9,13,15H2,1-3H3,(H6-,35,36,37,38,39,43,44,45,46,48,49,50,51)/p+1/t16-,24+,29+,34?,42?/m0/s1. The fourth-order valence-corrected chi connectivity index (χ4v) is 9.66. The van der Waals surface area contributed by atoms with Crippen LogP contribution in [-0.4, -0.2) is 122 Å². The van der Waals surface area contributed by atoms with Crippen molar-refractivity contribution in [2.24, 2.45) is 10.6 Å². The summed E-state index contributed by atoms with van der Waals surface area (Å²) in [6.07, 6.45) is 3.83. The predicted octanol–water partition coefficient (Wildman–Crippen LogP) is 1.26. The molecular weight excluding hydrogens is 745 g/mol. The number of thioether (sulfide) groups is 1. The zero-order valence-corrected chi connectivity index (χ0v) is 31.1. The molecule has 4 saturated heterocycles. The van der Waals surface area contributed by atoms with Crippen molar-refractivity contribution >= 4 is 68.5 Å². The molecule has 0 aliphatic carbocycles. The van der Waals surface area contributed by atoms with Gasteiger partial charge in [0.2, 0.25) is 5.60 Å². The van der Waals surface area contributed by atoms with Gasteiger partial charge in [-0.15, -0.1) is 23.1 Å². The third kappa shape index (κ3) is 6.40. The number of nitrogens with two attached hydrogens (primary N) is 1. The van der Waals surface area contributed by atoms with E-state index in [1.54, 1.807) is 0 Å².